The van der Waals surface area contributed by atoms with Crippen molar-refractivity contribution in [3.63, 3.8) is 0 Å². The van der Waals surface area contributed by atoms with Crippen LogP contribution in [-0.2, 0) is 19.0 Å². The van der Waals surface area contributed by atoms with Gasteiger partial charge >= 0.3 is 5.97 Å². The summed E-state index contributed by atoms with van der Waals surface area (Å²) in [4.78, 5) is 13.1. The molecule has 0 aromatic rings. The highest BCUT2D eigenvalue weighted by Crippen LogP contribution is 2.42. The summed E-state index contributed by atoms with van der Waals surface area (Å²) < 4.78 is 18.4. The first-order valence-corrected chi connectivity index (χ1v) is 11.1. The zero-order chi connectivity index (χ0) is 20.4. The molecule has 0 N–H and O–H groups in total. The van der Waals surface area contributed by atoms with E-state index in [1.807, 2.05) is 20.8 Å². The molecule has 1 heterocycles. The number of hydrogen-bond acceptors (Lipinski definition) is 4. The third kappa shape index (κ3) is 5.47. The van der Waals surface area contributed by atoms with Crippen molar-refractivity contribution >= 4 is 5.97 Å². The molecule has 4 heteroatoms. The lowest BCUT2D eigenvalue weighted by Crippen LogP contribution is -2.41. The van der Waals surface area contributed by atoms with Crippen molar-refractivity contribution < 1.29 is 19.0 Å². The minimum absolute atomic E-state index is 0.0908. The largest absolute Gasteiger partial charge is 0.435 e. The summed E-state index contributed by atoms with van der Waals surface area (Å²) in [5.41, 5.74) is -0.496. The Balaban J connectivity index is 2.02. The first kappa shape index (κ1) is 22.7. The van der Waals surface area contributed by atoms with Crippen LogP contribution in [0.3, 0.4) is 0 Å². The van der Waals surface area contributed by atoms with Gasteiger partial charge in [0.15, 0.2) is 6.29 Å². The van der Waals surface area contributed by atoms with E-state index in [0.29, 0.717) is 23.9 Å². The van der Waals surface area contributed by atoms with Gasteiger partial charge in [-0.2, -0.15) is 0 Å². The van der Waals surface area contributed by atoms with Crippen molar-refractivity contribution in [2.45, 2.75) is 106 Å². The number of carbonyl (C=O) groups is 1. The average molecular weight is 383 g/mol. The van der Waals surface area contributed by atoms with E-state index in [0.717, 1.165) is 12.8 Å². The van der Waals surface area contributed by atoms with Crippen molar-refractivity contribution in [2.24, 2.45) is 35.0 Å². The molecule has 2 aliphatic rings. The number of ether oxygens (including phenoxy) is 3. The molecule has 6 atom stereocenters. The monoisotopic (exact) mass is 382 g/mol. The van der Waals surface area contributed by atoms with Gasteiger partial charge in [0.2, 0.25) is 6.29 Å². The zero-order valence-corrected chi connectivity index (χ0v) is 18.8. The van der Waals surface area contributed by atoms with Crippen LogP contribution in [0.4, 0.5) is 0 Å². The van der Waals surface area contributed by atoms with E-state index in [2.05, 4.69) is 34.6 Å². The van der Waals surface area contributed by atoms with E-state index < -0.39 is 11.7 Å². The molecule has 0 radical (unpaired) electrons. The number of rotatable bonds is 8. The molecular formula is C23H42O4. The van der Waals surface area contributed by atoms with E-state index in [9.17, 15) is 4.79 Å². The van der Waals surface area contributed by atoms with Crippen LogP contribution in [0.25, 0.3) is 0 Å². The van der Waals surface area contributed by atoms with Crippen LogP contribution < -0.4 is 0 Å². The molecule has 158 valence electrons. The Labute approximate surface area is 166 Å². The predicted octanol–water partition coefficient (Wildman–Crippen LogP) is 5.79. The summed E-state index contributed by atoms with van der Waals surface area (Å²) in [6, 6.07) is 0. The van der Waals surface area contributed by atoms with E-state index in [-0.39, 0.29) is 24.1 Å². The van der Waals surface area contributed by atoms with Gasteiger partial charge in [0, 0.05) is 12.3 Å². The molecule has 27 heavy (non-hydrogen) atoms. The van der Waals surface area contributed by atoms with Gasteiger partial charge in [-0.05, 0) is 49.9 Å². The Bertz CT molecular complexity index is 487. The van der Waals surface area contributed by atoms with Crippen LogP contribution in [0, 0.1) is 35.0 Å². The fourth-order valence-corrected chi connectivity index (χ4v) is 4.67. The molecule has 0 bridgehead atoms. The fraction of sp³-hybridized carbons (Fsp3) is 0.957. The zero-order valence-electron chi connectivity index (χ0n) is 18.8. The van der Waals surface area contributed by atoms with Crippen LogP contribution in [0.2, 0.25) is 0 Å². The van der Waals surface area contributed by atoms with Crippen LogP contribution in [-0.4, -0.2) is 24.7 Å². The molecule has 4 nitrogen and oxygen atoms in total. The summed E-state index contributed by atoms with van der Waals surface area (Å²) in [7, 11) is 0. The summed E-state index contributed by atoms with van der Waals surface area (Å²) in [5, 5.41) is 0. The molecule has 0 amide bonds. The normalized spacial score (nSPS) is 31.8. The molecule has 2 fully saturated rings. The Kier molecular flexibility index (Phi) is 7.78. The summed E-state index contributed by atoms with van der Waals surface area (Å²) >= 11 is 0. The van der Waals surface area contributed by atoms with Gasteiger partial charge in [-0.3, -0.25) is 4.79 Å². The molecular weight excluding hydrogens is 340 g/mol. The quantitative estimate of drug-likeness (QED) is 0.394. The fourth-order valence-electron chi connectivity index (χ4n) is 4.67. The first-order chi connectivity index (χ1) is 12.5. The second-order valence-electron chi connectivity index (χ2n) is 10.3. The highest BCUT2D eigenvalue weighted by Gasteiger charge is 2.44. The third-order valence-corrected chi connectivity index (χ3v) is 6.69. The number of hydrogen-bond donors (Lipinski definition) is 0. The summed E-state index contributed by atoms with van der Waals surface area (Å²) in [6.45, 7) is 16.9. The maximum Gasteiger partial charge on any atom is 0.314 e. The predicted molar refractivity (Wildman–Crippen MR) is 108 cm³/mol. The third-order valence-electron chi connectivity index (χ3n) is 6.69. The minimum Gasteiger partial charge on any atom is -0.435 e. The Morgan fingerprint density at radius 1 is 1.15 bits per heavy atom. The van der Waals surface area contributed by atoms with Crippen LogP contribution in [0.15, 0.2) is 0 Å². The van der Waals surface area contributed by atoms with E-state index in [1.54, 1.807) is 0 Å². The van der Waals surface area contributed by atoms with Gasteiger partial charge in [0.25, 0.3) is 0 Å². The Morgan fingerprint density at radius 3 is 2.33 bits per heavy atom. The minimum atomic E-state index is -0.553. The maximum atomic E-state index is 13.1. The van der Waals surface area contributed by atoms with Crippen LogP contribution in [0.1, 0.15) is 87.5 Å². The van der Waals surface area contributed by atoms with Crippen molar-refractivity contribution in [3.8, 4) is 0 Å². The molecule has 0 spiro atoms. The summed E-state index contributed by atoms with van der Waals surface area (Å²) in [5.74, 6) is 1.77. The van der Waals surface area contributed by atoms with Gasteiger partial charge in [-0.1, -0.05) is 54.9 Å². The number of fused-ring (bicyclic) bond motifs is 1. The van der Waals surface area contributed by atoms with E-state index >= 15 is 0 Å². The number of esters is 1. The molecule has 1 aliphatic carbocycles. The van der Waals surface area contributed by atoms with E-state index in [4.69, 9.17) is 14.2 Å². The molecule has 1 saturated heterocycles. The molecule has 1 aliphatic heterocycles. The maximum absolute atomic E-state index is 13.1. The van der Waals surface area contributed by atoms with Gasteiger partial charge in [-0.25, -0.2) is 0 Å². The average Bonchev–Trinajstić information content (AvgIpc) is 2.97. The smallest absolute Gasteiger partial charge is 0.314 e. The molecule has 1 saturated carbocycles. The first-order valence-electron chi connectivity index (χ1n) is 11.1. The van der Waals surface area contributed by atoms with Gasteiger partial charge in [0.05, 0.1) is 11.5 Å². The van der Waals surface area contributed by atoms with E-state index in [1.165, 1.54) is 19.3 Å². The second kappa shape index (κ2) is 9.26. The highest BCUT2D eigenvalue weighted by molar-refractivity contribution is 5.76. The molecule has 2 rings (SSSR count). The number of carbonyl (C=O) groups excluding carboxylic acids is 1. The topological polar surface area (TPSA) is 44.8 Å². The Morgan fingerprint density at radius 2 is 1.81 bits per heavy atom. The lowest BCUT2D eigenvalue weighted by Gasteiger charge is -2.35. The second-order valence-corrected chi connectivity index (χ2v) is 10.3. The molecule has 0 aromatic heterocycles. The Hall–Kier alpha value is -0.610. The van der Waals surface area contributed by atoms with Gasteiger partial charge < -0.3 is 14.2 Å². The summed E-state index contributed by atoms with van der Waals surface area (Å²) in [6.07, 6.45) is 4.97. The lowest BCUT2D eigenvalue weighted by atomic mass is 9.73. The van der Waals surface area contributed by atoms with Crippen molar-refractivity contribution in [3.05, 3.63) is 0 Å². The standard InChI is InChI=1S/C23H42O4/c1-14(2)13-23(8,16(5)6)22(24)27-21(15(3)4)26-19-12-18-11-9-10-17(7)20(18)25-19/h14-21H,9-13H2,1-8H3. The van der Waals surface area contributed by atoms with Crippen LogP contribution in [0.5, 0.6) is 0 Å². The lowest BCUT2D eigenvalue weighted by molar-refractivity contribution is -0.256. The van der Waals surface area contributed by atoms with Crippen molar-refractivity contribution in [1.29, 1.82) is 0 Å². The van der Waals surface area contributed by atoms with Gasteiger partial charge in [-0.15, -0.1) is 0 Å². The van der Waals surface area contributed by atoms with Gasteiger partial charge in [0.1, 0.15) is 0 Å². The van der Waals surface area contributed by atoms with Crippen molar-refractivity contribution in [2.75, 3.05) is 0 Å². The highest BCUT2D eigenvalue weighted by atomic mass is 16.8. The van der Waals surface area contributed by atoms with Crippen LogP contribution >= 0.6 is 0 Å². The van der Waals surface area contributed by atoms with Crippen molar-refractivity contribution in [1.82, 2.24) is 0 Å². The molecule has 0 aromatic carbocycles. The SMILES string of the molecule is CC(C)CC(C)(C(=O)OC(OC1CC2CCCC(C)C2O1)C(C)C)C(C)C. The molecule has 6 unspecified atom stereocenters.